The van der Waals surface area contributed by atoms with Crippen LogP contribution in [0.25, 0.3) is 0 Å². The minimum Gasteiger partial charge on any atom is -0.399 e. The molecule has 0 aliphatic carbocycles. The van der Waals surface area contributed by atoms with Gasteiger partial charge < -0.3 is 18.6 Å². The third-order valence-electron chi connectivity index (χ3n) is 5.83. The van der Waals surface area contributed by atoms with Gasteiger partial charge in [-0.05, 0) is 55.4 Å². The number of hydrogen-bond donors (Lipinski definition) is 0. The predicted molar refractivity (Wildman–Crippen MR) is 95.7 cm³/mol. The van der Waals surface area contributed by atoms with Gasteiger partial charge >= 0.3 is 14.2 Å². The van der Waals surface area contributed by atoms with Crippen molar-refractivity contribution in [1.29, 1.82) is 0 Å². The van der Waals surface area contributed by atoms with Crippen LogP contribution in [-0.2, 0) is 18.6 Å². The summed E-state index contributed by atoms with van der Waals surface area (Å²) in [4.78, 5) is 4.34. The molecule has 3 rings (SSSR count). The summed E-state index contributed by atoms with van der Waals surface area (Å²) in [6.07, 6.45) is 3.55. The summed E-state index contributed by atoms with van der Waals surface area (Å²) in [5.74, 6) is 0. The maximum Gasteiger partial charge on any atom is 0.496 e. The maximum absolute atomic E-state index is 6.11. The van der Waals surface area contributed by atoms with Crippen molar-refractivity contribution in [3.05, 3.63) is 18.5 Å². The Morgan fingerprint density at radius 3 is 1.21 bits per heavy atom. The quantitative estimate of drug-likeness (QED) is 0.772. The van der Waals surface area contributed by atoms with Gasteiger partial charge in [0.15, 0.2) is 0 Å². The summed E-state index contributed by atoms with van der Waals surface area (Å²) in [6.45, 7) is 16.3. The molecular weight excluding hydrogens is 304 g/mol. The zero-order valence-electron chi connectivity index (χ0n) is 16.0. The average molecular weight is 331 g/mol. The predicted octanol–water partition coefficient (Wildman–Crippen LogP) is 1.68. The molecule has 0 aromatic carbocycles. The molecule has 0 bridgehead atoms. The lowest BCUT2D eigenvalue weighted by Gasteiger charge is -2.32. The Morgan fingerprint density at radius 2 is 0.917 bits per heavy atom. The molecule has 0 atom stereocenters. The van der Waals surface area contributed by atoms with E-state index >= 15 is 0 Å². The van der Waals surface area contributed by atoms with Crippen LogP contribution in [0.4, 0.5) is 0 Å². The van der Waals surface area contributed by atoms with Crippen LogP contribution < -0.4 is 10.9 Å². The molecule has 0 unspecified atom stereocenters. The molecule has 0 saturated carbocycles. The van der Waals surface area contributed by atoms with E-state index < -0.39 is 14.2 Å². The van der Waals surface area contributed by atoms with E-state index in [0.717, 1.165) is 10.9 Å². The highest BCUT2D eigenvalue weighted by molar-refractivity contribution is 6.65. The van der Waals surface area contributed by atoms with Crippen LogP contribution in [0, 0.1) is 0 Å². The molecule has 1 aromatic rings. The van der Waals surface area contributed by atoms with Gasteiger partial charge in [-0.25, -0.2) is 0 Å². The summed E-state index contributed by atoms with van der Waals surface area (Å²) in [5.41, 5.74) is 0.244. The van der Waals surface area contributed by atoms with Crippen molar-refractivity contribution < 1.29 is 18.6 Å². The molecule has 0 spiro atoms. The molecule has 2 aliphatic rings. The van der Waals surface area contributed by atoms with Gasteiger partial charge in [-0.15, -0.1) is 0 Å². The third kappa shape index (κ3) is 2.81. The van der Waals surface area contributed by atoms with Crippen LogP contribution in [0.2, 0.25) is 0 Å². The van der Waals surface area contributed by atoms with Gasteiger partial charge in [-0.3, -0.25) is 4.98 Å². The first-order chi connectivity index (χ1) is 10.8. The molecule has 5 nitrogen and oxygen atoms in total. The Balaban J connectivity index is 1.84. The number of hydrogen-bond acceptors (Lipinski definition) is 5. The van der Waals surface area contributed by atoms with Crippen LogP contribution >= 0.6 is 0 Å². The fourth-order valence-corrected chi connectivity index (χ4v) is 2.69. The van der Waals surface area contributed by atoms with Gasteiger partial charge in [-0.1, -0.05) is 6.07 Å². The van der Waals surface area contributed by atoms with Crippen LogP contribution in [0.5, 0.6) is 0 Å². The summed E-state index contributed by atoms with van der Waals surface area (Å²) < 4.78 is 24.4. The van der Waals surface area contributed by atoms with Gasteiger partial charge in [0.25, 0.3) is 0 Å². The maximum atomic E-state index is 6.11. The fourth-order valence-electron chi connectivity index (χ4n) is 2.69. The third-order valence-corrected chi connectivity index (χ3v) is 5.83. The number of aromatic nitrogens is 1. The number of rotatable bonds is 2. The van der Waals surface area contributed by atoms with E-state index in [2.05, 4.69) is 4.98 Å². The first-order valence-corrected chi connectivity index (χ1v) is 8.51. The highest BCUT2D eigenvalue weighted by Crippen LogP contribution is 2.37. The summed E-state index contributed by atoms with van der Waals surface area (Å²) in [5, 5.41) is 0. The van der Waals surface area contributed by atoms with Gasteiger partial charge in [0, 0.05) is 23.3 Å². The molecule has 3 heterocycles. The minimum absolute atomic E-state index is 0.377. The van der Waals surface area contributed by atoms with E-state index in [9.17, 15) is 0 Å². The number of pyridine rings is 1. The lowest BCUT2D eigenvalue weighted by molar-refractivity contribution is 0.00578. The van der Waals surface area contributed by atoms with E-state index in [1.807, 2.05) is 61.5 Å². The fraction of sp³-hybridized carbons (Fsp3) is 0.706. The van der Waals surface area contributed by atoms with Gasteiger partial charge in [-0.2, -0.15) is 0 Å². The lowest BCUT2D eigenvalue weighted by Crippen LogP contribution is -2.41. The second-order valence-electron chi connectivity index (χ2n) is 8.73. The Kier molecular flexibility index (Phi) is 3.96. The van der Waals surface area contributed by atoms with Crippen molar-refractivity contribution in [2.45, 2.75) is 77.8 Å². The van der Waals surface area contributed by atoms with E-state index in [1.165, 1.54) is 0 Å². The van der Waals surface area contributed by atoms with Gasteiger partial charge in [0.05, 0.1) is 22.4 Å². The van der Waals surface area contributed by atoms with E-state index in [4.69, 9.17) is 18.6 Å². The largest absolute Gasteiger partial charge is 0.496 e. The van der Waals surface area contributed by atoms with Crippen LogP contribution in [0.15, 0.2) is 18.5 Å². The van der Waals surface area contributed by atoms with Crippen molar-refractivity contribution in [3.63, 3.8) is 0 Å². The molecule has 0 radical (unpaired) electrons. The smallest absolute Gasteiger partial charge is 0.399 e. The zero-order valence-corrected chi connectivity index (χ0v) is 16.0. The second-order valence-corrected chi connectivity index (χ2v) is 8.73. The molecule has 2 aliphatic heterocycles. The normalized spacial score (nSPS) is 26.8. The topological polar surface area (TPSA) is 49.8 Å². The summed E-state index contributed by atoms with van der Waals surface area (Å²) >= 11 is 0. The monoisotopic (exact) mass is 331 g/mol. The minimum atomic E-state index is -0.440. The number of nitrogens with zero attached hydrogens (tertiary/aromatic N) is 1. The van der Waals surface area contributed by atoms with Crippen molar-refractivity contribution in [1.82, 2.24) is 4.98 Å². The average Bonchev–Trinajstić information content (AvgIpc) is 2.79. The first kappa shape index (κ1) is 17.9. The Hall–Kier alpha value is -0.880. The van der Waals surface area contributed by atoms with Crippen molar-refractivity contribution in [2.75, 3.05) is 0 Å². The molecule has 2 saturated heterocycles. The molecule has 1 aromatic heterocycles. The molecular formula is C17H27B2NO4. The van der Waals surface area contributed by atoms with Crippen LogP contribution in [0.1, 0.15) is 55.4 Å². The lowest BCUT2D eigenvalue weighted by atomic mass is 9.73. The Bertz CT molecular complexity index is 562. The summed E-state index contributed by atoms with van der Waals surface area (Å²) in [6, 6.07) is 2.00. The van der Waals surface area contributed by atoms with Crippen molar-refractivity contribution in [2.24, 2.45) is 0 Å². The Labute approximate surface area is 145 Å². The molecule has 7 heteroatoms. The molecule has 0 amide bonds. The Morgan fingerprint density at radius 1 is 0.625 bits per heavy atom. The van der Waals surface area contributed by atoms with Gasteiger partial charge in [0.1, 0.15) is 0 Å². The van der Waals surface area contributed by atoms with E-state index in [-0.39, 0.29) is 22.4 Å². The standard InChI is InChI=1S/C17H27B2NO4/c1-14(2)15(3,4)22-18(21-14)12-9-13(11-20-10-12)19-23-16(5,6)17(7,8)24-19/h9-11H,1-8H3. The highest BCUT2D eigenvalue weighted by Gasteiger charge is 2.54. The van der Waals surface area contributed by atoms with Crippen molar-refractivity contribution >= 4 is 25.2 Å². The van der Waals surface area contributed by atoms with Crippen LogP contribution in [0.3, 0.4) is 0 Å². The highest BCUT2D eigenvalue weighted by atomic mass is 16.7. The van der Waals surface area contributed by atoms with Crippen molar-refractivity contribution in [3.8, 4) is 0 Å². The molecule has 0 N–H and O–H groups in total. The van der Waals surface area contributed by atoms with Crippen LogP contribution in [-0.4, -0.2) is 41.6 Å². The SMILES string of the molecule is CC1(C)OB(c2cncc(B3OC(C)(C)C(C)(C)O3)c2)OC1(C)C. The van der Waals surface area contributed by atoms with Gasteiger partial charge in [0.2, 0.25) is 0 Å². The van der Waals surface area contributed by atoms with E-state index in [0.29, 0.717) is 0 Å². The molecule has 24 heavy (non-hydrogen) atoms. The first-order valence-electron chi connectivity index (χ1n) is 8.51. The molecule has 2 fully saturated rings. The molecule has 130 valence electrons. The zero-order chi connectivity index (χ0) is 18.0. The summed E-state index contributed by atoms with van der Waals surface area (Å²) in [7, 11) is -0.880. The van der Waals surface area contributed by atoms with E-state index in [1.54, 1.807) is 12.4 Å². The second kappa shape index (κ2) is 5.31.